The average molecular weight is 355 g/mol. The topological polar surface area (TPSA) is 72.0 Å². The number of nitrogens with zero attached hydrogens (tertiary/aromatic N) is 1. The molecule has 0 saturated heterocycles. The van der Waals surface area contributed by atoms with E-state index in [-0.39, 0.29) is 5.56 Å². The van der Waals surface area contributed by atoms with Crippen molar-refractivity contribution in [2.24, 2.45) is 0 Å². The molecule has 0 amide bonds. The van der Waals surface area contributed by atoms with E-state index in [0.29, 0.717) is 27.3 Å². The quantitative estimate of drug-likeness (QED) is 0.727. The highest BCUT2D eigenvalue weighted by molar-refractivity contribution is 6.50. The van der Waals surface area contributed by atoms with Gasteiger partial charge in [0.05, 0.1) is 28.6 Å². The first-order chi connectivity index (χ1) is 12.0. The molecule has 0 bridgehead atoms. The molecule has 0 atom stereocenters. The fourth-order valence-corrected chi connectivity index (χ4v) is 2.68. The van der Waals surface area contributed by atoms with Gasteiger partial charge < -0.3 is 9.72 Å². The van der Waals surface area contributed by atoms with E-state index in [2.05, 4.69) is 14.7 Å². The molecule has 1 aromatic heterocycles. The Kier molecular flexibility index (Phi) is 4.67. The third-order valence-electron chi connectivity index (χ3n) is 3.79. The maximum absolute atomic E-state index is 12.2. The van der Waals surface area contributed by atoms with Gasteiger partial charge in [-0.05, 0) is 42.3 Å². The number of H-pyrrole nitrogens is 1. The number of carbonyl (C=O) groups excluding carboxylic acids is 1. The summed E-state index contributed by atoms with van der Waals surface area (Å²) < 4.78 is 4.66. The van der Waals surface area contributed by atoms with Crippen LogP contribution in [0.25, 0.3) is 22.0 Å². The predicted octanol–water partition coefficient (Wildman–Crippen LogP) is 3.76. The number of hydrogen-bond acceptors (Lipinski definition) is 4. The van der Waals surface area contributed by atoms with Crippen LogP contribution in [0.2, 0.25) is 0 Å². The molecule has 5 nitrogen and oxygen atoms in total. The van der Waals surface area contributed by atoms with Crippen LogP contribution in [0.5, 0.6) is 0 Å². The normalized spacial score (nSPS) is 11.6. The third kappa shape index (κ3) is 3.46. The van der Waals surface area contributed by atoms with E-state index in [4.69, 9.17) is 11.6 Å². The van der Waals surface area contributed by atoms with Crippen LogP contribution in [0.15, 0.2) is 47.3 Å². The second-order valence-corrected chi connectivity index (χ2v) is 5.90. The lowest BCUT2D eigenvalue weighted by Crippen LogP contribution is -2.11. The molecule has 0 unspecified atom stereocenters. The maximum atomic E-state index is 12.2. The number of para-hydroxylation sites is 1. The SMILES string of the molecule is COC(=O)c1ccc(C=C(Cl)c2nc3c(C)cccc3c(=O)[nH]2)cc1. The van der Waals surface area contributed by atoms with Gasteiger partial charge in [-0.15, -0.1) is 0 Å². The zero-order valence-electron chi connectivity index (χ0n) is 13.7. The number of carbonyl (C=O) groups is 1. The predicted molar refractivity (Wildman–Crippen MR) is 98.6 cm³/mol. The summed E-state index contributed by atoms with van der Waals surface area (Å²) in [4.78, 5) is 30.8. The highest BCUT2D eigenvalue weighted by atomic mass is 35.5. The van der Waals surface area contributed by atoms with Crippen molar-refractivity contribution in [1.82, 2.24) is 9.97 Å². The number of esters is 1. The highest BCUT2D eigenvalue weighted by Crippen LogP contribution is 2.21. The van der Waals surface area contributed by atoms with Gasteiger partial charge in [-0.2, -0.15) is 0 Å². The van der Waals surface area contributed by atoms with Crippen LogP contribution in [0.3, 0.4) is 0 Å². The van der Waals surface area contributed by atoms with Gasteiger partial charge in [-0.1, -0.05) is 35.9 Å². The second-order valence-electron chi connectivity index (χ2n) is 5.49. The first kappa shape index (κ1) is 16.9. The number of aromatic amines is 1. The Morgan fingerprint density at radius 1 is 1.20 bits per heavy atom. The number of benzene rings is 2. The number of aromatic nitrogens is 2. The van der Waals surface area contributed by atoms with Gasteiger partial charge in [0.15, 0.2) is 5.82 Å². The van der Waals surface area contributed by atoms with Gasteiger partial charge >= 0.3 is 5.97 Å². The lowest BCUT2D eigenvalue weighted by atomic mass is 10.1. The number of aryl methyl sites for hydroxylation is 1. The van der Waals surface area contributed by atoms with Gasteiger partial charge in [0, 0.05) is 0 Å². The highest BCUT2D eigenvalue weighted by Gasteiger charge is 2.09. The van der Waals surface area contributed by atoms with E-state index in [1.54, 1.807) is 36.4 Å². The molecule has 6 heteroatoms. The number of nitrogens with one attached hydrogen (secondary N) is 1. The summed E-state index contributed by atoms with van der Waals surface area (Å²) in [6, 6.07) is 12.2. The molecule has 0 radical (unpaired) electrons. The minimum absolute atomic E-state index is 0.240. The van der Waals surface area contributed by atoms with Crippen LogP contribution in [0, 0.1) is 6.92 Å². The van der Waals surface area contributed by atoms with E-state index < -0.39 is 5.97 Å². The molecule has 25 heavy (non-hydrogen) atoms. The number of halogens is 1. The van der Waals surface area contributed by atoms with Crippen molar-refractivity contribution in [2.75, 3.05) is 7.11 Å². The molecule has 0 aliphatic heterocycles. The number of ether oxygens (including phenoxy) is 1. The third-order valence-corrected chi connectivity index (χ3v) is 4.08. The van der Waals surface area contributed by atoms with E-state index in [1.807, 2.05) is 19.1 Å². The Labute approximate surface area is 148 Å². The summed E-state index contributed by atoms with van der Waals surface area (Å²) in [6.07, 6.45) is 1.67. The number of hydrogen-bond donors (Lipinski definition) is 1. The van der Waals surface area contributed by atoms with Crippen molar-refractivity contribution in [3.63, 3.8) is 0 Å². The lowest BCUT2D eigenvalue weighted by Gasteiger charge is -2.05. The minimum atomic E-state index is -0.405. The van der Waals surface area contributed by atoms with Crippen molar-refractivity contribution in [3.8, 4) is 0 Å². The van der Waals surface area contributed by atoms with Crippen LogP contribution in [0.4, 0.5) is 0 Å². The zero-order chi connectivity index (χ0) is 18.0. The molecule has 126 valence electrons. The maximum Gasteiger partial charge on any atom is 0.337 e. The van der Waals surface area contributed by atoms with Crippen molar-refractivity contribution < 1.29 is 9.53 Å². The molecule has 1 N–H and O–H groups in total. The van der Waals surface area contributed by atoms with Crippen LogP contribution < -0.4 is 5.56 Å². The summed E-state index contributed by atoms with van der Waals surface area (Å²) in [6.45, 7) is 1.89. The summed E-state index contributed by atoms with van der Waals surface area (Å²) in [5.74, 6) is -0.108. The molecular formula is C19H15ClN2O3. The van der Waals surface area contributed by atoms with Crippen LogP contribution in [-0.2, 0) is 4.74 Å². The Balaban J connectivity index is 2.00. The van der Waals surface area contributed by atoms with E-state index >= 15 is 0 Å². The summed E-state index contributed by atoms with van der Waals surface area (Å²) in [5.41, 5.74) is 2.50. The smallest absolute Gasteiger partial charge is 0.337 e. The molecular weight excluding hydrogens is 340 g/mol. The average Bonchev–Trinajstić information content (AvgIpc) is 2.62. The largest absolute Gasteiger partial charge is 0.465 e. The monoisotopic (exact) mass is 354 g/mol. The molecule has 3 aromatic rings. The van der Waals surface area contributed by atoms with Crippen molar-refractivity contribution in [2.45, 2.75) is 6.92 Å². The Morgan fingerprint density at radius 3 is 2.60 bits per heavy atom. The Hall–Kier alpha value is -2.92. The van der Waals surface area contributed by atoms with Gasteiger partial charge in [-0.25, -0.2) is 9.78 Å². The fourth-order valence-electron chi connectivity index (χ4n) is 2.47. The van der Waals surface area contributed by atoms with E-state index in [0.717, 1.165) is 11.1 Å². The summed E-state index contributed by atoms with van der Waals surface area (Å²) in [7, 11) is 1.33. The molecule has 0 fully saturated rings. The fraction of sp³-hybridized carbons (Fsp3) is 0.105. The first-order valence-corrected chi connectivity index (χ1v) is 7.93. The van der Waals surface area contributed by atoms with Crippen molar-refractivity contribution >= 4 is 39.6 Å². The standard InChI is InChI=1S/C19H15ClN2O3/c1-11-4-3-5-14-16(11)21-17(22-18(14)23)15(20)10-12-6-8-13(9-7-12)19(24)25-2/h3-10H,1-2H3,(H,21,22,23). The zero-order valence-corrected chi connectivity index (χ0v) is 14.4. The molecule has 0 spiro atoms. The number of methoxy groups -OCH3 is 1. The number of rotatable bonds is 3. The van der Waals surface area contributed by atoms with E-state index in [1.165, 1.54) is 7.11 Å². The minimum Gasteiger partial charge on any atom is -0.465 e. The van der Waals surface area contributed by atoms with Crippen molar-refractivity contribution in [3.05, 3.63) is 75.3 Å². The molecule has 0 saturated carbocycles. The first-order valence-electron chi connectivity index (χ1n) is 7.55. The molecule has 2 aromatic carbocycles. The second kappa shape index (κ2) is 6.91. The van der Waals surface area contributed by atoms with Crippen LogP contribution >= 0.6 is 11.6 Å². The molecule has 1 heterocycles. The van der Waals surface area contributed by atoms with Gasteiger partial charge in [-0.3, -0.25) is 4.79 Å². The van der Waals surface area contributed by atoms with Crippen LogP contribution in [0.1, 0.15) is 27.3 Å². The van der Waals surface area contributed by atoms with Gasteiger partial charge in [0.1, 0.15) is 0 Å². The van der Waals surface area contributed by atoms with Crippen LogP contribution in [-0.4, -0.2) is 23.0 Å². The summed E-state index contributed by atoms with van der Waals surface area (Å²) in [5, 5.41) is 0.823. The summed E-state index contributed by atoms with van der Waals surface area (Å²) >= 11 is 6.33. The van der Waals surface area contributed by atoms with E-state index in [9.17, 15) is 9.59 Å². The molecule has 3 rings (SSSR count). The lowest BCUT2D eigenvalue weighted by molar-refractivity contribution is 0.0600. The van der Waals surface area contributed by atoms with Gasteiger partial charge in [0.2, 0.25) is 0 Å². The Morgan fingerprint density at radius 2 is 1.92 bits per heavy atom. The van der Waals surface area contributed by atoms with Crippen molar-refractivity contribution in [1.29, 1.82) is 0 Å². The molecule has 0 aliphatic carbocycles. The number of fused-ring (bicyclic) bond motifs is 1. The van der Waals surface area contributed by atoms with Gasteiger partial charge in [0.25, 0.3) is 5.56 Å². The molecule has 0 aliphatic rings. The Bertz CT molecular complexity index is 1040.